The third-order valence-corrected chi connectivity index (χ3v) is 3.68. The third kappa shape index (κ3) is 2.90. The summed E-state index contributed by atoms with van der Waals surface area (Å²) in [4.78, 5) is 5.27. The van der Waals surface area contributed by atoms with Crippen molar-refractivity contribution in [1.82, 2.24) is 4.98 Å². The fraction of sp³-hybridized carbons (Fsp3) is 0.182. The number of nitrogen functional groups attached to an aromatic ring is 1. The van der Waals surface area contributed by atoms with E-state index < -0.39 is 0 Å². The van der Waals surface area contributed by atoms with E-state index in [1.807, 2.05) is 30.5 Å². The number of nitrogens with zero attached hydrogens (tertiary/aromatic N) is 1. The second-order valence-electron chi connectivity index (χ2n) is 3.07. The Balaban J connectivity index is 2.20. The van der Waals surface area contributed by atoms with Crippen LogP contribution in [0.3, 0.4) is 0 Å². The summed E-state index contributed by atoms with van der Waals surface area (Å²) in [5.41, 5.74) is 6.52. The van der Waals surface area contributed by atoms with E-state index in [4.69, 9.17) is 10.5 Å². The molecule has 0 unspecified atom stereocenters. The quantitative estimate of drug-likeness (QED) is 0.848. The Bertz CT molecular complexity index is 457. The fourth-order valence-corrected chi connectivity index (χ4v) is 2.96. The second kappa shape index (κ2) is 5.23. The van der Waals surface area contributed by atoms with Crippen LogP contribution >= 0.6 is 23.1 Å². The summed E-state index contributed by atoms with van der Waals surface area (Å²) in [6.07, 6.45) is 1.79. The highest BCUT2D eigenvalue weighted by Crippen LogP contribution is 2.33. The standard InChI is InChI=1S/C11H12N2OS2/c1-2-14-9-5-8(12)6-10(7-9)16-11-13-3-4-15-11/h3-7H,2,12H2,1H3. The van der Waals surface area contributed by atoms with Gasteiger partial charge in [-0.05, 0) is 19.1 Å². The zero-order chi connectivity index (χ0) is 11.4. The van der Waals surface area contributed by atoms with Gasteiger partial charge in [-0.2, -0.15) is 0 Å². The van der Waals surface area contributed by atoms with Crippen LogP contribution in [-0.4, -0.2) is 11.6 Å². The summed E-state index contributed by atoms with van der Waals surface area (Å²) in [5, 5.41) is 1.96. The summed E-state index contributed by atoms with van der Waals surface area (Å²) in [6, 6.07) is 5.73. The van der Waals surface area contributed by atoms with Gasteiger partial charge in [0.25, 0.3) is 0 Å². The molecule has 0 spiro atoms. The van der Waals surface area contributed by atoms with Crippen LogP contribution in [0.2, 0.25) is 0 Å². The predicted octanol–water partition coefficient (Wildman–Crippen LogP) is 3.28. The molecule has 0 bridgehead atoms. The molecular weight excluding hydrogens is 240 g/mol. The van der Waals surface area contributed by atoms with Gasteiger partial charge in [0.2, 0.25) is 0 Å². The normalized spacial score (nSPS) is 10.3. The molecule has 2 aromatic rings. The van der Waals surface area contributed by atoms with Crippen LogP contribution in [0.1, 0.15) is 6.92 Å². The van der Waals surface area contributed by atoms with E-state index in [-0.39, 0.29) is 0 Å². The Hall–Kier alpha value is -1.20. The molecule has 0 radical (unpaired) electrons. The number of hydrogen-bond acceptors (Lipinski definition) is 5. The summed E-state index contributed by atoms with van der Waals surface area (Å²) in [6.45, 7) is 2.60. The number of rotatable bonds is 4. The zero-order valence-corrected chi connectivity index (χ0v) is 10.5. The molecule has 0 amide bonds. The number of ether oxygens (including phenoxy) is 1. The van der Waals surface area contributed by atoms with Gasteiger partial charge >= 0.3 is 0 Å². The smallest absolute Gasteiger partial charge is 0.154 e. The average Bonchev–Trinajstić information content (AvgIpc) is 2.70. The number of nitrogens with two attached hydrogens (primary N) is 1. The van der Waals surface area contributed by atoms with Crippen LogP contribution in [0.5, 0.6) is 5.75 Å². The molecular formula is C11H12N2OS2. The van der Waals surface area contributed by atoms with Crippen LogP contribution in [-0.2, 0) is 0 Å². The first-order chi connectivity index (χ1) is 7.78. The highest BCUT2D eigenvalue weighted by atomic mass is 32.2. The van der Waals surface area contributed by atoms with Crippen molar-refractivity contribution in [2.24, 2.45) is 0 Å². The molecule has 0 saturated carbocycles. The van der Waals surface area contributed by atoms with Gasteiger partial charge in [0.05, 0.1) is 6.61 Å². The van der Waals surface area contributed by atoms with Gasteiger partial charge in [0.15, 0.2) is 4.34 Å². The number of aromatic nitrogens is 1. The largest absolute Gasteiger partial charge is 0.494 e. The number of anilines is 1. The minimum Gasteiger partial charge on any atom is -0.494 e. The topological polar surface area (TPSA) is 48.1 Å². The SMILES string of the molecule is CCOc1cc(N)cc(Sc2nccs2)c1. The van der Waals surface area contributed by atoms with Crippen molar-refractivity contribution >= 4 is 28.8 Å². The van der Waals surface area contributed by atoms with Crippen molar-refractivity contribution in [3.8, 4) is 5.75 Å². The van der Waals surface area contributed by atoms with Crippen LogP contribution in [0.25, 0.3) is 0 Å². The van der Waals surface area contributed by atoms with Gasteiger partial charge in [0.1, 0.15) is 5.75 Å². The lowest BCUT2D eigenvalue weighted by molar-refractivity contribution is 0.339. The van der Waals surface area contributed by atoms with Crippen LogP contribution in [0.15, 0.2) is 39.0 Å². The molecule has 2 rings (SSSR count). The Labute approximate surface area is 103 Å². The molecule has 16 heavy (non-hydrogen) atoms. The van der Waals surface area contributed by atoms with E-state index in [1.54, 1.807) is 29.3 Å². The van der Waals surface area contributed by atoms with Crippen LogP contribution in [0.4, 0.5) is 5.69 Å². The first-order valence-corrected chi connectivity index (χ1v) is 6.58. The lowest BCUT2D eigenvalue weighted by Gasteiger charge is -2.06. The van der Waals surface area contributed by atoms with Gasteiger partial charge < -0.3 is 10.5 Å². The Morgan fingerprint density at radius 2 is 2.31 bits per heavy atom. The lowest BCUT2D eigenvalue weighted by atomic mass is 10.3. The van der Waals surface area contributed by atoms with E-state index in [0.29, 0.717) is 12.3 Å². The van der Waals surface area contributed by atoms with Gasteiger partial charge in [-0.3, -0.25) is 0 Å². The van der Waals surface area contributed by atoms with Crippen molar-refractivity contribution < 1.29 is 4.74 Å². The van der Waals surface area contributed by atoms with Gasteiger partial charge in [-0.15, -0.1) is 11.3 Å². The van der Waals surface area contributed by atoms with Crippen molar-refractivity contribution in [2.45, 2.75) is 16.2 Å². The molecule has 0 saturated heterocycles. The monoisotopic (exact) mass is 252 g/mol. The molecule has 0 fully saturated rings. The molecule has 3 nitrogen and oxygen atoms in total. The summed E-state index contributed by atoms with van der Waals surface area (Å²) in [5.74, 6) is 0.807. The molecule has 5 heteroatoms. The summed E-state index contributed by atoms with van der Waals surface area (Å²) in [7, 11) is 0. The number of benzene rings is 1. The maximum absolute atomic E-state index is 5.81. The molecule has 0 aliphatic heterocycles. The number of hydrogen-bond donors (Lipinski definition) is 1. The first-order valence-electron chi connectivity index (χ1n) is 4.88. The molecule has 1 aromatic carbocycles. The zero-order valence-electron chi connectivity index (χ0n) is 8.84. The van der Waals surface area contributed by atoms with Crippen molar-refractivity contribution in [1.29, 1.82) is 0 Å². The van der Waals surface area contributed by atoms with Crippen LogP contribution < -0.4 is 10.5 Å². The van der Waals surface area contributed by atoms with E-state index in [0.717, 1.165) is 15.0 Å². The highest BCUT2D eigenvalue weighted by Gasteiger charge is 2.03. The second-order valence-corrected chi connectivity index (χ2v) is 5.29. The molecule has 0 atom stereocenters. The van der Waals surface area contributed by atoms with E-state index in [2.05, 4.69) is 4.98 Å². The molecule has 1 aromatic heterocycles. The number of thiazole rings is 1. The van der Waals surface area contributed by atoms with E-state index in [1.165, 1.54) is 0 Å². The van der Waals surface area contributed by atoms with E-state index >= 15 is 0 Å². The van der Waals surface area contributed by atoms with Crippen molar-refractivity contribution in [3.05, 3.63) is 29.8 Å². The highest BCUT2D eigenvalue weighted by molar-refractivity contribution is 8.01. The van der Waals surface area contributed by atoms with Crippen molar-refractivity contribution in [3.63, 3.8) is 0 Å². The molecule has 2 N–H and O–H groups in total. The van der Waals surface area contributed by atoms with Crippen molar-refractivity contribution in [2.75, 3.05) is 12.3 Å². The minimum atomic E-state index is 0.644. The Kier molecular flexibility index (Phi) is 3.69. The molecule has 84 valence electrons. The first kappa shape index (κ1) is 11.3. The third-order valence-electron chi connectivity index (χ3n) is 1.83. The summed E-state index contributed by atoms with van der Waals surface area (Å²) >= 11 is 3.21. The van der Waals surface area contributed by atoms with Crippen LogP contribution in [0, 0.1) is 0 Å². The Morgan fingerprint density at radius 3 is 3.00 bits per heavy atom. The predicted molar refractivity (Wildman–Crippen MR) is 68.3 cm³/mol. The molecule has 0 aliphatic rings. The average molecular weight is 252 g/mol. The maximum Gasteiger partial charge on any atom is 0.154 e. The lowest BCUT2D eigenvalue weighted by Crippen LogP contribution is -1.93. The van der Waals surface area contributed by atoms with Gasteiger partial charge in [-0.25, -0.2) is 4.98 Å². The maximum atomic E-state index is 5.81. The van der Waals surface area contributed by atoms with Gasteiger partial charge in [-0.1, -0.05) is 11.8 Å². The Morgan fingerprint density at radius 1 is 1.44 bits per heavy atom. The van der Waals surface area contributed by atoms with E-state index in [9.17, 15) is 0 Å². The summed E-state index contributed by atoms with van der Waals surface area (Å²) < 4.78 is 6.44. The fourth-order valence-electron chi connectivity index (χ4n) is 1.26. The molecule has 1 heterocycles. The molecule has 0 aliphatic carbocycles. The van der Waals surface area contributed by atoms with Gasteiger partial charge in [0, 0.05) is 28.2 Å². The minimum absolute atomic E-state index is 0.644.